The number of nitrogens with one attached hydrogen (secondary N) is 1. The molecule has 0 radical (unpaired) electrons. The zero-order chi connectivity index (χ0) is 26.0. The number of benzene rings is 3. The first-order chi connectivity index (χ1) is 17.4. The van der Waals surface area contributed by atoms with Crippen molar-refractivity contribution < 1.29 is 9.59 Å². The zero-order valence-electron chi connectivity index (χ0n) is 20.6. The summed E-state index contributed by atoms with van der Waals surface area (Å²) in [5, 5.41) is 3.04. The van der Waals surface area contributed by atoms with Crippen LogP contribution in [-0.4, -0.2) is 29.7 Å². The molecule has 3 rings (SSSR count). The summed E-state index contributed by atoms with van der Waals surface area (Å²) in [5.41, 5.74) is 18.4. The van der Waals surface area contributed by atoms with Crippen molar-refractivity contribution in [2.24, 2.45) is 22.2 Å². The fourth-order valence-corrected chi connectivity index (χ4v) is 4.35. The Hall–Kier alpha value is -3.97. The van der Waals surface area contributed by atoms with E-state index < -0.39 is 17.4 Å². The number of hydrogen-bond donors (Lipinski definition) is 4. The smallest absolute Gasteiger partial charge is 0.248 e. The van der Waals surface area contributed by atoms with E-state index in [0.29, 0.717) is 12.8 Å². The fraction of sp³-hybridized carbons (Fsp3) is 0.276. The molecule has 0 bridgehead atoms. The average molecular weight is 486 g/mol. The Kier molecular flexibility index (Phi) is 9.36. The van der Waals surface area contributed by atoms with Gasteiger partial charge in [-0.2, -0.15) is 0 Å². The number of nitrogens with two attached hydrogens (primary N) is 3. The topological polar surface area (TPSA) is 137 Å². The van der Waals surface area contributed by atoms with Crippen molar-refractivity contribution >= 4 is 17.6 Å². The third kappa shape index (κ3) is 6.58. The van der Waals surface area contributed by atoms with E-state index >= 15 is 0 Å². The zero-order valence-corrected chi connectivity index (χ0v) is 20.6. The molecule has 0 saturated heterocycles. The summed E-state index contributed by atoms with van der Waals surface area (Å²) in [7, 11) is 0. The lowest BCUT2D eigenvalue weighted by molar-refractivity contribution is -0.137. The molecule has 3 aromatic carbocycles. The van der Waals surface area contributed by atoms with Crippen LogP contribution in [0.3, 0.4) is 0 Å². The van der Waals surface area contributed by atoms with E-state index in [4.69, 9.17) is 17.2 Å². The van der Waals surface area contributed by atoms with E-state index in [2.05, 4.69) is 10.3 Å². The maximum absolute atomic E-state index is 14.3. The predicted octanol–water partition coefficient (Wildman–Crippen LogP) is 3.41. The Morgan fingerprint density at radius 1 is 0.833 bits per heavy atom. The first-order valence-corrected chi connectivity index (χ1v) is 12.2. The van der Waals surface area contributed by atoms with E-state index in [1.807, 2.05) is 97.9 Å². The van der Waals surface area contributed by atoms with Gasteiger partial charge in [0.15, 0.2) is 17.3 Å². The molecule has 36 heavy (non-hydrogen) atoms. The summed E-state index contributed by atoms with van der Waals surface area (Å²) in [5.74, 6) is -1.63. The van der Waals surface area contributed by atoms with E-state index in [1.54, 1.807) is 0 Å². The maximum atomic E-state index is 14.3. The highest BCUT2D eigenvalue weighted by molar-refractivity contribution is 6.14. The number of aliphatic imine (C=N–C) groups is 1. The van der Waals surface area contributed by atoms with Gasteiger partial charge in [0.1, 0.15) is 0 Å². The van der Waals surface area contributed by atoms with Gasteiger partial charge in [-0.15, -0.1) is 0 Å². The van der Waals surface area contributed by atoms with Gasteiger partial charge in [0.25, 0.3) is 0 Å². The molecule has 0 spiro atoms. The second-order valence-corrected chi connectivity index (χ2v) is 8.85. The van der Waals surface area contributed by atoms with Gasteiger partial charge < -0.3 is 22.5 Å². The molecule has 0 fully saturated rings. The number of carbonyl (C=O) groups is 2. The molecule has 0 saturated carbocycles. The summed E-state index contributed by atoms with van der Waals surface area (Å²) in [4.78, 5) is 32.1. The standard InChI is InChI=1S/C29H35N5O2/c1-2-24(21-13-6-3-7-14-21)34-27(36)29(32,19-12-20-33-28(30)31)26(35)25(22-15-8-4-9-16-22)23-17-10-5-11-18-23/h3-11,13-18,24-25H,2,12,19-20,32H2,1H3,(H,34,36)(H4,30,31,33)/t24-,29+/m0/s1. The molecule has 0 aliphatic carbocycles. The van der Waals surface area contributed by atoms with Gasteiger partial charge in [-0.05, 0) is 36.0 Å². The van der Waals surface area contributed by atoms with Gasteiger partial charge in [-0.3, -0.25) is 14.6 Å². The number of rotatable bonds is 12. The third-order valence-electron chi connectivity index (χ3n) is 6.31. The molecular formula is C29H35N5O2. The van der Waals surface area contributed by atoms with Crippen LogP contribution in [0.2, 0.25) is 0 Å². The minimum Gasteiger partial charge on any atom is -0.370 e. The third-order valence-corrected chi connectivity index (χ3v) is 6.31. The van der Waals surface area contributed by atoms with Crippen molar-refractivity contribution in [2.45, 2.75) is 43.7 Å². The van der Waals surface area contributed by atoms with Crippen LogP contribution in [0.1, 0.15) is 54.8 Å². The van der Waals surface area contributed by atoms with Crippen LogP contribution < -0.4 is 22.5 Å². The van der Waals surface area contributed by atoms with Gasteiger partial charge in [-0.1, -0.05) is 97.9 Å². The van der Waals surface area contributed by atoms with Crippen LogP contribution in [0.15, 0.2) is 96.0 Å². The SMILES string of the molecule is CC[C@H](NC(=O)[C@@](N)(CCCN=C(N)N)C(=O)C(c1ccccc1)c1ccccc1)c1ccccc1. The largest absolute Gasteiger partial charge is 0.370 e. The molecule has 0 aromatic heterocycles. The number of carbonyl (C=O) groups excluding carboxylic acids is 2. The number of nitrogens with zero attached hydrogens (tertiary/aromatic N) is 1. The molecule has 7 nitrogen and oxygen atoms in total. The fourth-order valence-electron chi connectivity index (χ4n) is 4.35. The van der Waals surface area contributed by atoms with Crippen LogP contribution in [0, 0.1) is 0 Å². The van der Waals surface area contributed by atoms with Crippen LogP contribution >= 0.6 is 0 Å². The second-order valence-electron chi connectivity index (χ2n) is 8.85. The number of guanidine groups is 1. The first kappa shape index (κ1) is 26.6. The molecule has 0 unspecified atom stereocenters. The minimum absolute atomic E-state index is 0.0463. The van der Waals surface area contributed by atoms with Gasteiger partial charge >= 0.3 is 0 Å². The Labute approximate surface area is 212 Å². The van der Waals surface area contributed by atoms with Crippen molar-refractivity contribution in [3.05, 3.63) is 108 Å². The molecule has 7 N–H and O–H groups in total. The lowest BCUT2D eigenvalue weighted by Gasteiger charge is -2.33. The molecule has 0 aliphatic rings. The van der Waals surface area contributed by atoms with E-state index in [-0.39, 0.29) is 30.8 Å². The summed E-state index contributed by atoms with van der Waals surface area (Å²) in [6.07, 6.45) is 1.11. The van der Waals surface area contributed by atoms with Gasteiger partial charge in [0, 0.05) is 6.54 Å². The van der Waals surface area contributed by atoms with Crippen LogP contribution in [0.5, 0.6) is 0 Å². The summed E-state index contributed by atoms with van der Waals surface area (Å²) >= 11 is 0. The molecule has 3 aromatic rings. The lowest BCUT2D eigenvalue weighted by Crippen LogP contribution is -2.61. The van der Waals surface area contributed by atoms with Crippen molar-refractivity contribution in [3.63, 3.8) is 0 Å². The van der Waals surface area contributed by atoms with E-state index in [1.165, 1.54) is 0 Å². The van der Waals surface area contributed by atoms with Crippen LogP contribution in [0.4, 0.5) is 0 Å². The second kappa shape index (κ2) is 12.7. The summed E-state index contributed by atoms with van der Waals surface area (Å²) in [6.45, 7) is 2.24. The van der Waals surface area contributed by atoms with Crippen LogP contribution in [0.25, 0.3) is 0 Å². The number of Topliss-reactive ketones (excluding diaryl/α,β-unsaturated/α-hetero) is 1. The molecule has 0 aliphatic heterocycles. The molecule has 0 heterocycles. The van der Waals surface area contributed by atoms with Crippen molar-refractivity contribution in [2.75, 3.05) is 6.54 Å². The van der Waals surface area contributed by atoms with Gasteiger partial charge in [0.05, 0.1) is 12.0 Å². The van der Waals surface area contributed by atoms with Crippen molar-refractivity contribution in [1.82, 2.24) is 5.32 Å². The molecule has 2 atom stereocenters. The van der Waals surface area contributed by atoms with E-state index in [9.17, 15) is 9.59 Å². The Bertz CT molecular complexity index is 1110. The number of ketones is 1. The molecular weight excluding hydrogens is 450 g/mol. The van der Waals surface area contributed by atoms with Gasteiger partial charge in [0.2, 0.25) is 5.91 Å². The van der Waals surface area contributed by atoms with Crippen LogP contribution in [-0.2, 0) is 9.59 Å². The average Bonchev–Trinajstić information content (AvgIpc) is 2.91. The molecule has 1 amide bonds. The minimum atomic E-state index is -1.79. The quantitative estimate of drug-likeness (QED) is 0.135. The first-order valence-electron chi connectivity index (χ1n) is 12.2. The number of hydrogen-bond acceptors (Lipinski definition) is 4. The van der Waals surface area contributed by atoms with Crippen molar-refractivity contribution in [1.29, 1.82) is 0 Å². The normalized spacial score (nSPS) is 13.4. The lowest BCUT2D eigenvalue weighted by atomic mass is 9.76. The Morgan fingerprint density at radius 2 is 1.31 bits per heavy atom. The summed E-state index contributed by atoms with van der Waals surface area (Å²) < 4.78 is 0. The number of amides is 1. The highest BCUT2D eigenvalue weighted by Gasteiger charge is 2.46. The summed E-state index contributed by atoms with van der Waals surface area (Å²) in [6, 6.07) is 28.2. The highest BCUT2D eigenvalue weighted by atomic mass is 16.2. The Morgan fingerprint density at radius 3 is 1.75 bits per heavy atom. The molecule has 7 heteroatoms. The van der Waals surface area contributed by atoms with Gasteiger partial charge in [-0.25, -0.2) is 0 Å². The predicted molar refractivity (Wildman–Crippen MR) is 144 cm³/mol. The van der Waals surface area contributed by atoms with Crippen molar-refractivity contribution in [3.8, 4) is 0 Å². The van der Waals surface area contributed by atoms with E-state index in [0.717, 1.165) is 16.7 Å². The maximum Gasteiger partial charge on any atom is 0.248 e. The molecule has 188 valence electrons. The monoisotopic (exact) mass is 485 g/mol. The highest BCUT2D eigenvalue weighted by Crippen LogP contribution is 2.31. The Balaban J connectivity index is 1.99.